The van der Waals surface area contributed by atoms with E-state index in [0.717, 1.165) is 11.1 Å². The summed E-state index contributed by atoms with van der Waals surface area (Å²) in [5.74, 6) is -0.887. The van der Waals surface area contributed by atoms with Crippen molar-refractivity contribution in [3.63, 3.8) is 0 Å². The van der Waals surface area contributed by atoms with Crippen LogP contribution in [0, 0.1) is 0 Å². The van der Waals surface area contributed by atoms with Crippen molar-refractivity contribution in [2.75, 3.05) is 13.1 Å². The van der Waals surface area contributed by atoms with Crippen LogP contribution in [-0.2, 0) is 15.0 Å². The van der Waals surface area contributed by atoms with Gasteiger partial charge in [0.15, 0.2) is 0 Å². The molecule has 1 aliphatic heterocycles. The number of nitrogens with zero attached hydrogens (tertiary/aromatic N) is 1. The lowest BCUT2D eigenvalue weighted by Crippen LogP contribution is -2.48. The van der Waals surface area contributed by atoms with E-state index in [9.17, 15) is 14.7 Å². The first kappa shape index (κ1) is 17.0. The summed E-state index contributed by atoms with van der Waals surface area (Å²) in [6, 6.07) is 19.0. The molecule has 1 fully saturated rings. The second-order valence-corrected chi connectivity index (χ2v) is 6.32. The van der Waals surface area contributed by atoms with Crippen LogP contribution in [0.1, 0.15) is 24.0 Å². The molecule has 4 nitrogen and oxygen atoms in total. The first-order valence-corrected chi connectivity index (χ1v) is 8.43. The molecule has 1 heterocycles. The fraction of sp³-hybridized carbons (Fsp3) is 0.238. The Morgan fingerprint density at radius 1 is 0.920 bits per heavy atom. The Labute approximate surface area is 147 Å². The number of carboxylic acids is 1. The van der Waals surface area contributed by atoms with Gasteiger partial charge in [0.1, 0.15) is 0 Å². The summed E-state index contributed by atoms with van der Waals surface area (Å²) in [5, 5.41) is 9.80. The van der Waals surface area contributed by atoms with Crippen LogP contribution in [0.3, 0.4) is 0 Å². The second-order valence-electron chi connectivity index (χ2n) is 6.32. The van der Waals surface area contributed by atoms with Gasteiger partial charge in [-0.2, -0.15) is 0 Å². The zero-order valence-corrected chi connectivity index (χ0v) is 14.0. The highest BCUT2D eigenvalue weighted by Crippen LogP contribution is 2.36. The smallest absolute Gasteiger partial charge is 0.314 e. The Hall–Kier alpha value is -2.88. The van der Waals surface area contributed by atoms with E-state index in [0.29, 0.717) is 25.9 Å². The monoisotopic (exact) mass is 335 g/mol. The minimum absolute atomic E-state index is 0.0732. The number of carbonyl (C=O) groups excluding carboxylic acids is 1. The lowest BCUT2D eigenvalue weighted by molar-refractivity contribution is -0.147. The lowest BCUT2D eigenvalue weighted by Gasteiger charge is -2.38. The molecule has 0 bridgehead atoms. The van der Waals surface area contributed by atoms with Crippen LogP contribution >= 0.6 is 0 Å². The van der Waals surface area contributed by atoms with Crippen LogP contribution in [-0.4, -0.2) is 35.0 Å². The van der Waals surface area contributed by atoms with E-state index in [1.807, 2.05) is 60.7 Å². The van der Waals surface area contributed by atoms with Crippen LogP contribution in [0.5, 0.6) is 0 Å². The highest BCUT2D eigenvalue weighted by molar-refractivity contribution is 5.92. The number of benzene rings is 2. The van der Waals surface area contributed by atoms with Gasteiger partial charge in [-0.25, -0.2) is 0 Å². The first-order chi connectivity index (χ1) is 12.1. The van der Waals surface area contributed by atoms with Gasteiger partial charge in [0, 0.05) is 19.2 Å². The summed E-state index contributed by atoms with van der Waals surface area (Å²) in [6.07, 6.45) is 4.21. The zero-order chi connectivity index (χ0) is 17.7. The van der Waals surface area contributed by atoms with Gasteiger partial charge in [-0.15, -0.1) is 0 Å². The van der Waals surface area contributed by atoms with Crippen LogP contribution in [0.2, 0.25) is 0 Å². The number of carboxylic acid groups (broad SMARTS) is 1. The van der Waals surface area contributed by atoms with Crippen molar-refractivity contribution < 1.29 is 14.7 Å². The Morgan fingerprint density at radius 2 is 1.48 bits per heavy atom. The molecular weight excluding hydrogens is 314 g/mol. The molecule has 128 valence electrons. The third kappa shape index (κ3) is 3.63. The summed E-state index contributed by atoms with van der Waals surface area (Å²) in [6.45, 7) is 0.887. The van der Waals surface area contributed by atoms with Gasteiger partial charge in [0.05, 0.1) is 5.41 Å². The molecule has 0 atom stereocenters. The molecule has 0 radical (unpaired) electrons. The highest BCUT2D eigenvalue weighted by Gasteiger charge is 2.43. The van der Waals surface area contributed by atoms with Gasteiger partial charge in [0.25, 0.3) is 0 Å². The topological polar surface area (TPSA) is 57.6 Å². The summed E-state index contributed by atoms with van der Waals surface area (Å²) in [7, 11) is 0. The lowest BCUT2D eigenvalue weighted by atomic mass is 9.73. The molecule has 3 rings (SSSR count). The van der Waals surface area contributed by atoms with Crippen molar-refractivity contribution >= 4 is 18.0 Å². The maximum absolute atomic E-state index is 12.4. The first-order valence-electron chi connectivity index (χ1n) is 8.43. The molecule has 2 aromatic carbocycles. The number of carbonyl (C=O) groups is 2. The minimum Gasteiger partial charge on any atom is -0.481 e. The van der Waals surface area contributed by atoms with Gasteiger partial charge >= 0.3 is 5.97 Å². The van der Waals surface area contributed by atoms with E-state index in [-0.39, 0.29) is 5.91 Å². The molecule has 1 amide bonds. The summed E-state index contributed by atoms with van der Waals surface area (Å²) < 4.78 is 0. The van der Waals surface area contributed by atoms with Crippen molar-refractivity contribution in [2.24, 2.45) is 0 Å². The van der Waals surface area contributed by atoms with E-state index in [1.165, 1.54) is 0 Å². The molecule has 1 N–H and O–H groups in total. The van der Waals surface area contributed by atoms with Crippen LogP contribution in [0.25, 0.3) is 6.08 Å². The van der Waals surface area contributed by atoms with E-state index in [2.05, 4.69) is 0 Å². The summed E-state index contributed by atoms with van der Waals surface area (Å²) in [4.78, 5) is 26.1. The van der Waals surface area contributed by atoms with Crippen LogP contribution in [0.15, 0.2) is 66.7 Å². The molecule has 4 heteroatoms. The number of rotatable bonds is 4. The van der Waals surface area contributed by atoms with E-state index in [4.69, 9.17) is 0 Å². The molecule has 0 spiro atoms. The van der Waals surface area contributed by atoms with Crippen molar-refractivity contribution in [3.05, 3.63) is 77.9 Å². The molecule has 0 saturated carbocycles. The van der Waals surface area contributed by atoms with Crippen LogP contribution in [0.4, 0.5) is 0 Å². The number of likely N-dealkylation sites (tertiary alicyclic amines) is 1. The molecule has 1 saturated heterocycles. The van der Waals surface area contributed by atoms with Crippen molar-refractivity contribution in [2.45, 2.75) is 18.3 Å². The number of piperidine rings is 1. The van der Waals surface area contributed by atoms with Gasteiger partial charge in [0.2, 0.25) is 5.91 Å². The Balaban J connectivity index is 1.69. The Morgan fingerprint density at radius 3 is 2.04 bits per heavy atom. The maximum atomic E-state index is 12.4. The third-order valence-corrected chi connectivity index (χ3v) is 4.88. The van der Waals surface area contributed by atoms with E-state index >= 15 is 0 Å². The largest absolute Gasteiger partial charge is 0.481 e. The number of hydrogen-bond acceptors (Lipinski definition) is 2. The van der Waals surface area contributed by atoms with Gasteiger partial charge in [-0.3, -0.25) is 9.59 Å². The predicted octanol–water partition coefficient (Wildman–Crippen LogP) is 3.34. The highest BCUT2D eigenvalue weighted by atomic mass is 16.4. The standard InChI is InChI=1S/C21H21NO3/c23-19(12-11-17-7-3-1-4-8-17)22-15-13-21(14-16-22,20(24)25)18-9-5-2-6-10-18/h1-12H,13-16H2,(H,24,25). The van der Waals surface area contributed by atoms with Crippen LogP contribution < -0.4 is 0 Å². The molecular formula is C21H21NO3. The average molecular weight is 335 g/mol. The molecule has 2 aromatic rings. The number of aliphatic carboxylic acids is 1. The third-order valence-electron chi connectivity index (χ3n) is 4.88. The molecule has 0 unspecified atom stereocenters. The fourth-order valence-electron chi connectivity index (χ4n) is 3.33. The molecule has 1 aliphatic rings. The quantitative estimate of drug-likeness (QED) is 0.872. The summed E-state index contributed by atoms with van der Waals surface area (Å²) >= 11 is 0. The van der Waals surface area contributed by atoms with Crippen molar-refractivity contribution in [3.8, 4) is 0 Å². The molecule has 0 aromatic heterocycles. The van der Waals surface area contributed by atoms with E-state index in [1.54, 1.807) is 17.1 Å². The number of hydrogen-bond donors (Lipinski definition) is 1. The Bertz CT molecular complexity index is 760. The summed E-state index contributed by atoms with van der Waals surface area (Å²) in [5.41, 5.74) is 0.882. The fourth-order valence-corrected chi connectivity index (χ4v) is 3.33. The van der Waals surface area contributed by atoms with E-state index < -0.39 is 11.4 Å². The van der Waals surface area contributed by atoms with Gasteiger partial charge in [-0.05, 0) is 30.0 Å². The van der Waals surface area contributed by atoms with Gasteiger partial charge < -0.3 is 10.0 Å². The number of amides is 1. The SMILES string of the molecule is O=C(C=Cc1ccccc1)N1CCC(C(=O)O)(c2ccccc2)CC1. The molecule has 25 heavy (non-hydrogen) atoms. The van der Waals surface area contributed by atoms with Gasteiger partial charge in [-0.1, -0.05) is 60.7 Å². The average Bonchev–Trinajstić information content (AvgIpc) is 2.67. The second kappa shape index (κ2) is 7.34. The van der Waals surface area contributed by atoms with Crippen molar-refractivity contribution in [1.29, 1.82) is 0 Å². The normalized spacial score (nSPS) is 16.7. The zero-order valence-electron chi connectivity index (χ0n) is 14.0. The predicted molar refractivity (Wildman–Crippen MR) is 97.0 cm³/mol. The maximum Gasteiger partial charge on any atom is 0.314 e. The Kier molecular flexibility index (Phi) is 4.98. The molecule has 0 aliphatic carbocycles. The minimum atomic E-state index is -0.902. The van der Waals surface area contributed by atoms with Crippen molar-refractivity contribution in [1.82, 2.24) is 4.90 Å².